The summed E-state index contributed by atoms with van der Waals surface area (Å²) in [6.45, 7) is 14.2. The second kappa shape index (κ2) is 10.7. The van der Waals surface area contributed by atoms with Gasteiger partial charge in [-0.25, -0.2) is 0 Å². The zero-order chi connectivity index (χ0) is 18.1. The van der Waals surface area contributed by atoms with Crippen LogP contribution in [0.1, 0.15) is 31.4 Å². The van der Waals surface area contributed by atoms with Gasteiger partial charge in [0.25, 0.3) is 0 Å². The van der Waals surface area contributed by atoms with E-state index in [0.717, 1.165) is 64.0 Å². The molecule has 25 heavy (non-hydrogen) atoms. The molecule has 0 aromatic heterocycles. The van der Waals surface area contributed by atoms with Crippen LogP contribution in [0.4, 0.5) is 0 Å². The van der Waals surface area contributed by atoms with E-state index in [2.05, 4.69) is 60.2 Å². The highest BCUT2D eigenvalue weighted by Crippen LogP contribution is 2.09. The van der Waals surface area contributed by atoms with Gasteiger partial charge < -0.3 is 15.0 Å². The number of nitrogens with one attached hydrogen (secondary N) is 1. The van der Waals surface area contributed by atoms with Crippen LogP contribution in [0, 0.1) is 12.8 Å². The molecule has 1 aromatic rings. The van der Waals surface area contributed by atoms with Gasteiger partial charge >= 0.3 is 0 Å². The van der Waals surface area contributed by atoms with E-state index in [1.807, 2.05) is 0 Å². The first-order valence-electron chi connectivity index (χ1n) is 9.43. The molecule has 0 aliphatic carbocycles. The number of ether oxygens (including phenoxy) is 1. The van der Waals surface area contributed by atoms with E-state index in [1.54, 1.807) is 0 Å². The topological polar surface area (TPSA) is 27.7 Å². The summed E-state index contributed by atoms with van der Waals surface area (Å²) >= 11 is 5.67. The van der Waals surface area contributed by atoms with Gasteiger partial charge in [-0.05, 0) is 37.0 Å². The van der Waals surface area contributed by atoms with Gasteiger partial charge in [-0.15, -0.1) is 0 Å². The lowest BCUT2D eigenvalue weighted by Gasteiger charge is -2.30. The van der Waals surface area contributed by atoms with Crippen molar-refractivity contribution in [3.8, 4) is 0 Å². The van der Waals surface area contributed by atoms with E-state index in [1.165, 1.54) is 11.1 Å². The maximum Gasteiger partial charge on any atom is 0.169 e. The Morgan fingerprint density at radius 3 is 2.56 bits per heavy atom. The quantitative estimate of drug-likeness (QED) is 0.717. The molecule has 1 aliphatic heterocycles. The minimum absolute atomic E-state index is 0.590. The Labute approximate surface area is 158 Å². The number of morpholine rings is 1. The van der Waals surface area contributed by atoms with Crippen molar-refractivity contribution in [1.82, 2.24) is 15.1 Å². The molecule has 0 bridgehead atoms. The highest BCUT2D eigenvalue weighted by molar-refractivity contribution is 7.80. The van der Waals surface area contributed by atoms with E-state index in [9.17, 15) is 0 Å². The highest BCUT2D eigenvalue weighted by atomic mass is 32.1. The zero-order valence-electron chi connectivity index (χ0n) is 16.0. The summed E-state index contributed by atoms with van der Waals surface area (Å²) in [5.74, 6) is 0.590. The lowest BCUT2D eigenvalue weighted by molar-refractivity contribution is 0.0367. The van der Waals surface area contributed by atoms with E-state index in [4.69, 9.17) is 17.0 Å². The third-order valence-corrected chi connectivity index (χ3v) is 4.85. The SMILES string of the molecule is Cc1ccc(CN(CCCN2CCOCC2)C(=S)NCC(C)C)cc1. The van der Waals surface area contributed by atoms with Crippen LogP contribution in [0.2, 0.25) is 0 Å². The molecule has 1 aromatic carbocycles. The first-order valence-corrected chi connectivity index (χ1v) is 9.84. The number of hydrogen-bond donors (Lipinski definition) is 1. The molecular formula is C20H33N3OS. The van der Waals surface area contributed by atoms with Crippen LogP contribution in [0.15, 0.2) is 24.3 Å². The maximum atomic E-state index is 5.67. The van der Waals surface area contributed by atoms with Crippen molar-refractivity contribution >= 4 is 17.3 Å². The minimum Gasteiger partial charge on any atom is -0.379 e. The Bertz CT molecular complexity index is 512. The lowest BCUT2D eigenvalue weighted by atomic mass is 10.1. The summed E-state index contributed by atoms with van der Waals surface area (Å²) in [4.78, 5) is 4.79. The molecule has 0 saturated carbocycles. The molecule has 0 amide bonds. The van der Waals surface area contributed by atoms with Crippen LogP contribution in [0.3, 0.4) is 0 Å². The van der Waals surface area contributed by atoms with Crippen LogP contribution in [-0.4, -0.2) is 60.8 Å². The monoisotopic (exact) mass is 363 g/mol. The van der Waals surface area contributed by atoms with Crippen LogP contribution in [0.5, 0.6) is 0 Å². The van der Waals surface area contributed by atoms with Crippen LogP contribution >= 0.6 is 12.2 Å². The van der Waals surface area contributed by atoms with Gasteiger partial charge in [0.1, 0.15) is 0 Å². The molecule has 0 spiro atoms. The number of nitrogens with zero attached hydrogens (tertiary/aromatic N) is 2. The molecule has 1 heterocycles. The Hall–Kier alpha value is -1.17. The third kappa shape index (κ3) is 7.72. The van der Waals surface area contributed by atoms with Gasteiger partial charge in [0, 0.05) is 39.3 Å². The summed E-state index contributed by atoms with van der Waals surface area (Å²) in [5, 5.41) is 4.30. The fraction of sp³-hybridized carbons (Fsp3) is 0.650. The Balaban J connectivity index is 1.88. The first-order chi connectivity index (χ1) is 12.0. The van der Waals surface area contributed by atoms with Crippen LogP contribution < -0.4 is 5.32 Å². The summed E-state index contributed by atoms with van der Waals surface area (Å²) < 4.78 is 5.43. The Morgan fingerprint density at radius 1 is 1.24 bits per heavy atom. The van der Waals surface area contributed by atoms with Gasteiger partial charge in [0.15, 0.2) is 5.11 Å². The molecule has 2 rings (SSSR count). The van der Waals surface area contributed by atoms with Gasteiger partial charge in [0.2, 0.25) is 0 Å². The number of rotatable bonds is 8. The molecule has 140 valence electrons. The number of aryl methyl sites for hydroxylation is 1. The second-order valence-corrected chi connectivity index (χ2v) is 7.68. The smallest absolute Gasteiger partial charge is 0.169 e. The predicted octanol–water partition coefficient (Wildman–Crippen LogP) is 3.05. The first kappa shape index (κ1) is 20.1. The molecule has 0 radical (unpaired) electrons. The van der Waals surface area contributed by atoms with Crippen molar-refractivity contribution in [3.05, 3.63) is 35.4 Å². The van der Waals surface area contributed by atoms with Crippen molar-refractivity contribution in [2.24, 2.45) is 5.92 Å². The van der Waals surface area contributed by atoms with Crippen LogP contribution in [0.25, 0.3) is 0 Å². The molecule has 5 heteroatoms. The average molecular weight is 364 g/mol. The molecule has 1 saturated heterocycles. The van der Waals surface area contributed by atoms with Gasteiger partial charge in [0.05, 0.1) is 13.2 Å². The standard InChI is InChI=1S/C20H33N3OS/c1-17(2)15-21-20(25)23(16-19-7-5-18(3)6-8-19)10-4-9-22-11-13-24-14-12-22/h5-8,17H,4,9-16H2,1-3H3,(H,21,25). The van der Waals surface area contributed by atoms with Gasteiger partial charge in [-0.2, -0.15) is 0 Å². The van der Waals surface area contributed by atoms with E-state index >= 15 is 0 Å². The lowest BCUT2D eigenvalue weighted by Crippen LogP contribution is -2.43. The third-order valence-electron chi connectivity index (χ3n) is 4.45. The predicted molar refractivity (Wildman–Crippen MR) is 109 cm³/mol. The van der Waals surface area contributed by atoms with Crippen LogP contribution in [-0.2, 0) is 11.3 Å². The normalized spacial score (nSPS) is 15.4. The number of thiocarbonyl (C=S) groups is 1. The Morgan fingerprint density at radius 2 is 1.92 bits per heavy atom. The molecule has 1 fully saturated rings. The zero-order valence-corrected chi connectivity index (χ0v) is 16.8. The maximum absolute atomic E-state index is 5.67. The summed E-state index contributed by atoms with van der Waals surface area (Å²) in [7, 11) is 0. The van der Waals surface area contributed by atoms with Crippen molar-refractivity contribution in [2.75, 3.05) is 45.9 Å². The van der Waals surface area contributed by atoms with E-state index < -0.39 is 0 Å². The van der Waals surface area contributed by atoms with Crippen molar-refractivity contribution in [3.63, 3.8) is 0 Å². The highest BCUT2D eigenvalue weighted by Gasteiger charge is 2.13. The fourth-order valence-electron chi connectivity index (χ4n) is 2.88. The van der Waals surface area contributed by atoms with Gasteiger partial charge in [-0.1, -0.05) is 43.7 Å². The average Bonchev–Trinajstić information content (AvgIpc) is 2.61. The number of hydrogen-bond acceptors (Lipinski definition) is 3. The molecule has 1 N–H and O–H groups in total. The van der Waals surface area contributed by atoms with Crippen molar-refractivity contribution in [2.45, 2.75) is 33.7 Å². The fourth-order valence-corrected chi connectivity index (χ4v) is 3.12. The largest absolute Gasteiger partial charge is 0.379 e. The van der Waals surface area contributed by atoms with Gasteiger partial charge in [-0.3, -0.25) is 4.90 Å². The van der Waals surface area contributed by atoms with E-state index in [-0.39, 0.29) is 0 Å². The molecule has 0 unspecified atom stereocenters. The molecular weight excluding hydrogens is 330 g/mol. The summed E-state index contributed by atoms with van der Waals surface area (Å²) in [5.41, 5.74) is 2.61. The van der Waals surface area contributed by atoms with E-state index in [0.29, 0.717) is 5.92 Å². The van der Waals surface area contributed by atoms with Crippen molar-refractivity contribution < 1.29 is 4.74 Å². The molecule has 1 aliphatic rings. The minimum atomic E-state index is 0.590. The molecule has 0 atom stereocenters. The Kier molecular flexibility index (Phi) is 8.65. The second-order valence-electron chi connectivity index (χ2n) is 7.29. The summed E-state index contributed by atoms with van der Waals surface area (Å²) in [6.07, 6.45) is 1.12. The summed E-state index contributed by atoms with van der Waals surface area (Å²) in [6, 6.07) is 8.75. The number of benzene rings is 1. The van der Waals surface area contributed by atoms with Crippen molar-refractivity contribution in [1.29, 1.82) is 0 Å². The molecule has 4 nitrogen and oxygen atoms in total.